The lowest BCUT2D eigenvalue weighted by atomic mass is 9.99. The van der Waals surface area contributed by atoms with Crippen molar-refractivity contribution in [3.05, 3.63) is 0 Å². The van der Waals surface area contributed by atoms with Crippen LogP contribution in [0.4, 0.5) is 0 Å². The molecule has 142 valence electrons. The van der Waals surface area contributed by atoms with Crippen LogP contribution in [0.15, 0.2) is 4.99 Å². The van der Waals surface area contributed by atoms with Crippen LogP contribution in [0.25, 0.3) is 0 Å². The van der Waals surface area contributed by atoms with E-state index in [2.05, 4.69) is 32.2 Å². The van der Waals surface area contributed by atoms with Gasteiger partial charge in [0.15, 0.2) is 5.96 Å². The van der Waals surface area contributed by atoms with Gasteiger partial charge >= 0.3 is 0 Å². The van der Waals surface area contributed by atoms with Crippen molar-refractivity contribution in [2.24, 2.45) is 10.9 Å². The molecule has 0 spiro atoms. The summed E-state index contributed by atoms with van der Waals surface area (Å²) in [6.45, 7) is 10.7. The molecule has 3 N–H and O–H groups in total. The second-order valence-electron chi connectivity index (χ2n) is 6.59. The van der Waals surface area contributed by atoms with E-state index in [0.29, 0.717) is 13.1 Å². The topological polar surface area (TPSA) is 85.8 Å². The summed E-state index contributed by atoms with van der Waals surface area (Å²) in [5.41, 5.74) is 0. The third-order valence-electron chi connectivity index (χ3n) is 4.13. The number of sulfonamides is 1. The molecule has 0 aliphatic carbocycles. The molecule has 0 atom stereocenters. The molecular formula is C16H35N5O2S. The van der Waals surface area contributed by atoms with Gasteiger partial charge in [-0.1, -0.05) is 6.92 Å². The van der Waals surface area contributed by atoms with Gasteiger partial charge in [-0.15, -0.1) is 0 Å². The third kappa shape index (κ3) is 10.8. The van der Waals surface area contributed by atoms with Crippen LogP contribution in [-0.2, 0) is 10.0 Å². The molecule has 0 bridgehead atoms. The van der Waals surface area contributed by atoms with Crippen molar-refractivity contribution in [3.63, 3.8) is 0 Å². The highest BCUT2D eigenvalue weighted by atomic mass is 32.2. The molecule has 1 heterocycles. The van der Waals surface area contributed by atoms with Gasteiger partial charge in [-0.25, -0.2) is 13.1 Å². The van der Waals surface area contributed by atoms with E-state index in [4.69, 9.17) is 0 Å². The summed E-state index contributed by atoms with van der Waals surface area (Å²) < 4.78 is 24.4. The van der Waals surface area contributed by atoms with Crippen LogP contribution < -0.4 is 15.4 Å². The highest BCUT2D eigenvalue weighted by Gasteiger charge is 2.14. The van der Waals surface area contributed by atoms with Crippen LogP contribution in [0.1, 0.15) is 39.5 Å². The van der Waals surface area contributed by atoms with E-state index >= 15 is 0 Å². The van der Waals surface area contributed by atoms with Crippen molar-refractivity contribution < 1.29 is 8.42 Å². The summed E-state index contributed by atoms with van der Waals surface area (Å²) in [5, 5.41) is 6.46. The zero-order chi connectivity index (χ0) is 17.8. The minimum absolute atomic E-state index is 0.443. The van der Waals surface area contributed by atoms with Crippen molar-refractivity contribution in [2.45, 2.75) is 39.5 Å². The van der Waals surface area contributed by atoms with Crippen LogP contribution in [0.3, 0.4) is 0 Å². The molecule has 7 nitrogen and oxygen atoms in total. The average Bonchev–Trinajstić information content (AvgIpc) is 2.51. The van der Waals surface area contributed by atoms with Gasteiger partial charge in [-0.2, -0.15) is 0 Å². The first-order valence-corrected chi connectivity index (χ1v) is 11.0. The quantitative estimate of drug-likeness (QED) is 0.301. The molecule has 0 saturated carbocycles. The summed E-state index contributed by atoms with van der Waals surface area (Å²) in [6, 6.07) is 0. The van der Waals surface area contributed by atoms with Gasteiger partial charge in [-0.3, -0.25) is 4.99 Å². The number of nitrogens with zero attached hydrogens (tertiary/aromatic N) is 2. The molecule has 1 aliphatic rings. The van der Waals surface area contributed by atoms with E-state index in [1.165, 1.54) is 32.2 Å². The number of hydrogen-bond donors (Lipinski definition) is 3. The lowest BCUT2D eigenvalue weighted by Gasteiger charge is -2.29. The van der Waals surface area contributed by atoms with Gasteiger partial charge in [0.1, 0.15) is 0 Å². The Labute approximate surface area is 147 Å². The van der Waals surface area contributed by atoms with Crippen LogP contribution in [-0.4, -0.2) is 71.3 Å². The Bertz CT molecular complexity index is 459. The predicted octanol–water partition coefficient (Wildman–Crippen LogP) is 0.603. The molecular weight excluding hydrogens is 326 g/mol. The average molecular weight is 362 g/mol. The SMILES string of the molecule is CCNC(=NCCCN1CCC(C)CC1)NCCCNS(C)(=O)=O. The monoisotopic (exact) mass is 361 g/mol. The number of likely N-dealkylation sites (tertiary alicyclic amines) is 1. The maximum Gasteiger partial charge on any atom is 0.208 e. The van der Waals surface area contributed by atoms with Crippen molar-refractivity contribution in [2.75, 3.05) is 52.1 Å². The normalized spacial score (nSPS) is 17.9. The first-order chi connectivity index (χ1) is 11.4. The number of guanidine groups is 1. The lowest BCUT2D eigenvalue weighted by Crippen LogP contribution is -2.39. The van der Waals surface area contributed by atoms with E-state index in [0.717, 1.165) is 44.4 Å². The van der Waals surface area contributed by atoms with E-state index in [1.54, 1.807) is 0 Å². The lowest BCUT2D eigenvalue weighted by molar-refractivity contribution is 0.192. The summed E-state index contributed by atoms with van der Waals surface area (Å²) in [6.07, 6.45) is 5.60. The molecule has 1 rings (SSSR count). The minimum Gasteiger partial charge on any atom is -0.357 e. The molecule has 1 saturated heterocycles. The smallest absolute Gasteiger partial charge is 0.208 e. The number of hydrogen-bond acceptors (Lipinski definition) is 4. The van der Waals surface area contributed by atoms with Crippen molar-refractivity contribution >= 4 is 16.0 Å². The Morgan fingerprint density at radius 1 is 1.17 bits per heavy atom. The standard InChI is InChI=1S/C16H35N5O2S/c1-4-17-16(18-9-5-11-20-24(3,22)23)19-10-6-12-21-13-7-15(2)8-14-21/h15,20H,4-14H2,1-3H3,(H2,17,18,19). The second kappa shape index (κ2) is 11.7. The fourth-order valence-corrected chi connectivity index (χ4v) is 3.18. The fourth-order valence-electron chi connectivity index (χ4n) is 2.67. The maximum absolute atomic E-state index is 11.0. The van der Waals surface area contributed by atoms with Crippen molar-refractivity contribution in [1.29, 1.82) is 0 Å². The van der Waals surface area contributed by atoms with Crippen LogP contribution in [0, 0.1) is 5.92 Å². The summed E-state index contributed by atoms with van der Waals surface area (Å²) in [7, 11) is -3.10. The van der Waals surface area contributed by atoms with E-state index in [9.17, 15) is 8.42 Å². The molecule has 0 unspecified atom stereocenters. The molecule has 1 fully saturated rings. The molecule has 1 aliphatic heterocycles. The van der Waals surface area contributed by atoms with Gasteiger partial charge in [0.25, 0.3) is 0 Å². The highest BCUT2D eigenvalue weighted by molar-refractivity contribution is 7.88. The number of piperidine rings is 1. The first-order valence-electron chi connectivity index (χ1n) is 9.10. The fraction of sp³-hybridized carbons (Fsp3) is 0.938. The van der Waals surface area contributed by atoms with Gasteiger partial charge in [0, 0.05) is 26.2 Å². The second-order valence-corrected chi connectivity index (χ2v) is 8.42. The Balaban J connectivity index is 2.17. The Kier molecular flexibility index (Phi) is 10.3. The van der Waals surface area contributed by atoms with Crippen LogP contribution in [0.2, 0.25) is 0 Å². The highest BCUT2D eigenvalue weighted by Crippen LogP contribution is 2.15. The predicted molar refractivity (Wildman–Crippen MR) is 101 cm³/mol. The Morgan fingerprint density at radius 3 is 2.50 bits per heavy atom. The van der Waals surface area contributed by atoms with Crippen molar-refractivity contribution in [1.82, 2.24) is 20.3 Å². The van der Waals surface area contributed by atoms with Crippen LogP contribution in [0.5, 0.6) is 0 Å². The molecule has 0 aromatic carbocycles. The number of rotatable bonds is 10. The first kappa shape index (κ1) is 21.2. The zero-order valence-electron chi connectivity index (χ0n) is 15.5. The van der Waals surface area contributed by atoms with Crippen molar-refractivity contribution in [3.8, 4) is 0 Å². The molecule has 0 radical (unpaired) electrons. The molecule has 8 heteroatoms. The van der Waals surface area contributed by atoms with Gasteiger partial charge in [0.2, 0.25) is 10.0 Å². The summed E-state index contributed by atoms with van der Waals surface area (Å²) in [4.78, 5) is 7.12. The number of aliphatic imine (C=N–C) groups is 1. The summed E-state index contributed by atoms with van der Waals surface area (Å²) in [5.74, 6) is 1.69. The molecule has 0 aromatic rings. The van der Waals surface area contributed by atoms with Gasteiger partial charge in [-0.05, 0) is 58.2 Å². The zero-order valence-corrected chi connectivity index (χ0v) is 16.3. The molecule has 0 amide bonds. The van der Waals surface area contributed by atoms with E-state index in [1.807, 2.05) is 6.92 Å². The largest absolute Gasteiger partial charge is 0.357 e. The third-order valence-corrected chi connectivity index (χ3v) is 4.86. The minimum atomic E-state index is -3.10. The number of nitrogens with one attached hydrogen (secondary N) is 3. The maximum atomic E-state index is 11.0. The van der Waals surface area contributed by atoms with Gasteiger partial charge in [0.05, 0.1) is 6.26 Å². The van der Waals surface area contributed by atoms with E-state index in [-0.39, 0.29) is 0 Å². The van der Waals surface area contributed by atoms with Crippen LogP contribution >= 0.6 is 0 Å². The van der Waals surface area contributed by atoms with Gasteiger partial charge < -0.3 is 15.5 Å². The van der Waals surface area contributed by atoms with E-state index < -0.39 is 10.0 Å². The molecule has 24 heavy (non-hydrogen) atoms. The molecule has 0 aromatic heterocycles. The summed E-state index contributed by atoms with van der Waals surface area (Å²) >= 11 is 0. The Morgan fingerprint density at radius 2 is 1.88 bits per heavy atom. The Hall–Kier alpha value is -0.860.